The van der Waals surface area contributed by atoms with Crippen LogP contribution in [0.4, 0.5) is 8.78 Å². The Hall–Kier alpha value is -1.72. The lowest BCUT2D eigenvalue weighted by Crippen LogP contribution is -2.20. The number of halogens is 3. The molecule has 2 aromatic carbocycles. The van der Waals surface area contributed by atoms with E-state index < -0.39 is 17.7 Å². The van der Waals surface area contributed by atoms with Crippen molar-refractivity contribution in [1.82, 2.24) is 5.32 Å². The third-order valence-electron chi connectivity index (χ3n) is 3.48. The van der Waals surface area contributed by atoms with Crippen molar-refractivity contribution >= 4 is 26.9 Å². The molecular weight excluding hydrogens is 340 g/mol. The molecule has 0 amide bonds. The van der Waals surface area contributed by atoms with E-state index in [1.807, 2.05) is 24.3 Å². The Morgan fingerprint density at radius 1 is 1.14 bits per heavy atom. The van der Waals surface area contributed by atoms with E-state index in [4.69, 9.17) is 4.42 Å². The lowest BCUT2D eigenvalue weighted by molar-refractivity contribution is 0.515. The van der Waals surface area contributed by atoms with Crippen molar-refractivity contribution in [2.75, 3.05) is 7.05 Å². The van der Waals surface area contributed by atoms with E-state index in [2.05, 4.69) is 21.2 Å². The molecule has 0 saturated heterocycles. The first kappa shape index (κ1) is 14.2. The molecule has 5 heteroatoms. The highest BCUT2D eigenvalue weighted by Gasteiger charge is 2.25. The highest BCUT2D eigenvalue weighted by molar-refractivity contribution is 9.10. The SMILES string of the molecule is CNC(c1c(F)ccc(Br)c1F)c1coc2ccccc12. The van der Waals surface area contributed by atoms with Gasteiger partial charge in [0.05, 0.1) is 16.8 Å². The van der Waals surface area contributed by atoms with Crippen LogP contribution in [0, 0.1) is 11.6 Å². The van der Waals surface area contributed by atoms with E-state index in [0.717, 1.165) is 5.39 Å². The molecule has 3 aromatic rings. The van der Waals surface area contributed by atoms with E-state index in [1.165, 1.54) is 18.4 Å². The molecule has 0 fully saturated rings. The van der Waals surface area contributed by atoms with Crippen LogP contribution in [0.5, 0.6) is 0 Å². The van der Waals surface area contributed by atoms with Crippen molar-refractivity contribution in [1.29, 1.82) is 0 Å². The van der Waals surface area contributed by atoms with Gasteiger partial charge in [-0.1, -0.05) is 18.2 Å². The van der Waals surface area contributed by atoms with Gasteiger partial charge in [-0.3, -0.25) is 0 Å². The first-order valence-corrected chi connectivity index (χ1v) is 7.19. The van der Waals surface area contributed by atoms with Crippen molar-refractivity contribution in [3.05, 3.63) is 69.9 Å². The van der Waals surface area contributed by atoms with Crippen LogP contribution in [-0.2, 0) is 0 Å². The van der Waals surface area contributed by atoms with Gasteiger partial charge in [-0.25, -0.2) is 8.78 Å². The molecule has 1 unspecified atom stereocenters. The summed E-state index contributed by atoms with van der Waals surface area (Å²) in [6.45, 7) is 0. The van der Waals surface area contributed by atoms with E-state index in [0.29, 0.717) is 11.1 Å². The summed E-state index contributed by atoms with van der Waals surface area (Å²) in [6.07, 6.45) is 1.53. The van der Waals surface area contributed by atoms with Crippen LogP contribution in [0.15, 0.2) is 51.6 Å². The molecule has 0 radical (unpaired) electrons. The van der Waals surface area contributed by atoms with Gasteiger partial charge < -0.3 is 9.73 Å². The number of fused-ring (bicyclic) bond motifs is 1. The summed E-state index contributed by atoms with van der Waals surface area (Å²) < 4.78 is 34.2. The Kier molecular flexibility index (Phi) is 3.78. The molecular formula is C16H12BrF2NO. The quantitative estimate of drug-likeness (QED) is 0.686. The molecule has 1 aromatic heterocycles. The standard InChI is InChI=1S/C16H12BrF2NO/c1-20-16(14-12(18)7-6-11(17)15(14)19)10-8-21-13-5-3-2-4-9(10)13/h2-8,16,20H,1H3. The first-order chi connectivity index (χ1) is 10.1. The summed E-state index contributed by atoms with van der Waals surface area (Å²) in [5, 5.41) is 3.79. The monoisotopic (exact) mass is 351 g/mol. The van der Waals surface area contributed by atoms with Crippen molar-refractivity contribution in [2.24, 2.45) is 0 Å². The molecule has 0 spiro atoms. The van der Waals surface area contributed by atoms with Crippen molar-refractivity contribution in [3.8, 4) is 0 Å². The molecule has 0 bridgehead atoms. The molecule has 3 rings (SSSR count). The van der Waals surface area contributed by atoms with E-state index in [-0.39, 0.29) is 10.0 Å². The van der Waals surface area contributed by atoms with E-state index in [9.17, 15) is 8.78 Å². The maximum atomic E-state index is 14.3. The summed E-state index contributed by atoms with van der Waals surface area (Å²) >= 11 is 3.10. The average molecular weight is 352 g/mol. The van der Waals surface area contributed by atoms with Crippen LogP contribution < -0.4 is 5.32 Å². The zero-order chi connectivity index (χ0) is 15.0. The largest absolute Gasteiger partial charge is 0.464 e. The van der Waals surface area contributed by atoms with Gasteiger partial charge in [0.15, 0.2) is 0 Å². The third kappa shape index (κ3) is 2.36. The first-order valence-electron chi connectivity index (χ1n) is 6.40. The van der Waals surface area contributed by atoms with Crippen LogP contribution in [0.25, 0.3) is 11.0 Å². The number of rotatable bonds is 3. The van der Waals surface area contributed by atoms with Crippen molar-refractivity contribution in [3.63, 3.8) is 0 Å². The minimum absolute atomic E-state index is 0.0292. The number of para-hydroxylation sites is 1. The number of nitrogens with one attached hydrogen (secondary N) is 1. The molecule has 1 atom stereocenters. The predicted molar refractivity (Wildman–Crippen MR) is 81.2 cm³/mol. The zero-order valence-corrected chi connectivity index (χ0v) is 12.7. The second-order valence-electron chi connectivity index (χ2n) is 4.67. The lowest BCUT2D eigenvalue weighted by Gasteiger charge is -2.18. The van der Waals surface area contributed by atoms with Crippen LogP contribution in [-0.4, -0.2) is 7.05 Å². The Labute approximate surface area is 128 Å². The Balaban J connectivity index is 2.22. The number of hydrogen-bond acceptors (Lipinski definition) is 2. The van der Waals surface area contributed by atoms with Gasteiger partial charge in [-0.15, -0.1) is 0 Å². The molecule has 1 N–H and O–H groups in total. The molecule has 0 saturated carbocycles. The Morgan fingerprint density at radius 3 is 2.67 bits per heavy atom. The molecule has 21 heavy (non-hydrogen) atoms. The summed E-state index contributed by atoms with van der Waals surface area (Å²) in [4.78, 5) is 0. The molecule has 1 heterocycles. The summed E-state index contributed by atoms with van der Waals surface area (Å²) in [6, 6.07) is 9.37. The van der Waals surface area contributed by atoms with Gasteiger partial charge in [0.25, 0.3) is 0 Å². The van der Waals surface area contributed by atoms with Crippen LogP contribution in [0.2, 0.25) is 0 Å². The van der Waals surface area contributed by atoms with Crippen molar-refractivity contribution in [2.45, 2.75) is 6.04 Å². The minimum atomic E-state index is -0.633. The maximum Gasteiger partial charge on any atom is 0.145 e. The molecule has 0 aliphatic heterocycles. The smallest absolute Gasteiger partial charge is 0.145 e. The number of furan rings is 1. The lowest BCUT2D eigenvalue weighted by atomic mass is 9.97. The number of hydrogen-bond donors (Lipinski definition) is 1. The molecule has 0 aliphatic rings. The Bertz CT molecular complexity index is 800. The summed E-state index contributed by atoms with van der Waals surface area (Å²) in [7, 11) is 1.66. The highest BCUT2D eigenvalue weighted by atomic mass is 79.9. The second kappa shape index (κ2) is 5.58. The fourth-order valence-corrected chi connectivity index (χ4v) is 2.83. The van der Waals surface area contributed by atoms with E-state index in [1.54, 1.807) is 7.05 Å². The van der Waals surface area contributed by atoms with Gasteiger partial charge in [0.1, 0.15) is 17.2 Å². The summed E-state index contributed by atoms with van der Waals surface area (Å²) in [5.41, 5.74) is 1.35. The van der Waals surface area contributed by atoms with Crippen LogP contribution in [0.1, 0.15) is 17.2 Å². The van der Waals surface area contributed by atoms with Crippen molar-refractivity contribution < 1.29 is 13.2 Å². The topological polar surface area (TPSA) is 25.2 Å². The van der Waals surface area contributed by atoms with Gasteiger partial charge in [0, 0.05) is 16.5 Å². The highest BCUT2D eigenvalue weighted by Crippen LogP contribution is 2.34. The average Bonchev–Trinajstić information content (AvgIpc) is 2.91. The molecule has 0 aliphatic carbocycles. The molecule has 108 valence electrons. The fraction of sp³-hybridized carbons (Fsp3) is 0.125. The Morgan fingerprint density at radius 2 is 1.90 bits per heavy atom. The van der Waals surface area contributed by atoms with Gasteiger partial charge in [-0.05, 0) is 41.2 Å². The number of benzene rings is 2. The predicted octanol–water partition coefficient (Wildman–Crippen LogP) is 4.78. The van der Waals surface area contributed by atoms with Crippen LogP contribution in [0.3, 0.4) is 0 Å². The normalized spacial score (nSPS) is 12.8. The van der Waals surface area contributed by atoms with Crippen LogP contribution >= 0.6 is 15.9 Å². The minimum Gasteiger partial charge on any atom is -0.464 e. The van der Waals surface area contributed by atoms with E-state index >= 15 is 0 Å². The summed E-state index contributed by atoms with van der Waals surface area (Å²) in [5.74, 6) is -1.21. The fourth-order valence-electron chi connectivity index (χ4n) is 2.48. The van der Waals surface area contributed by atoms with Gasteiger partial charge in [-0.2, -0.15) is 0 Å². The molecule has 2 nitrogen and oxygen atoms in total. The third-order valence-corrected chi connectivity index (χ3v) is 4.09. The zero-order valence-electron chi connectivity index (χ0n) is 11.2. The van der Waals surface area contributed by atoms with Gasteiger partial charge >= 0.3 is 0 Å². The maximum absolute atomic E-state index is 14.3. The van der Waals surface area contributed by atoms with Gasteiger partial charge in [0.2, 0.25) is 0 Å². The second-order valence-corrected chi connectivity index (χ2v) is 5.52.